The number of carbonyl (C=O) groups is 2. The molecule has 6 heteroatoms. The highest BCUT2D eigenvalue weighted by Crippen LogP contribution is 1.86. The Bertz CT molecular complexity index is 179. The third-order valence-electron chi connectivity index (χ3n) is 1.62. The molecule has 0 amide bonds. The molecule has 0 aliphatic rings. The highest BCUT2D eigenvalue weighted by Gasteiger charge is 2.02. The summed E-state index contributed by atoms with van der Waals surface area (Å²) in [4.78, 5) is 21.8. The van der Waals surface area contributed by atoms with Crippen LogP contribution in [0.3, 0.4) is 0 Å². The Morgan fingerprint density at radius 1 is 0.938 bits per heavy atom. The lowest BCUT2D eigenvalue weighted by Crippen LogP contribution is -2.22. The van der Waals surface area contributed by atoms with Crippen molar-refractivity contribution in [2.45, 2.75) is 26.7 Å². The number of nitrogens with one attached hydrogen (secondary N) is 1. The maximum absolute atomic E-state index is 10.9. The Hall–Kier alpha value is -0.810. The van der Waals surface area contributed by atoms with Crippen LogP contribution in [0.15, 0.2) is 0 Å². The summed E-state index contributed by atoms with van der Waals surface area (Å²) >= 11 is 0. The number of esters is 2. The van der Waals surface area contributed by atoms with E-state index in [-0.39, 0.29) is 24.3 Å². The van der Waals surface area contributed by atoms with E-state index >= 15 is 0 Å². The van der Waals surface area contributed by atoms with Crippen LogP contribution in [-0.4, -0.2) is 38.2 Å². The number of hydrogen-bond acceptors (Lipinski definition) is 5. The van der Waals surface area contributed by atoms with E-state index in [9.17, 15) is 9.59 Å². The first-order chi connectivity index (χ1) is 7.20. The SMILES string of the molecule is CCOC(=O)CCNCCC(=O)OCC.Cl. The second-order valence-corrected chi connectivity index (χ2v) is 2.86. The van der Waals surface area contributed by atoms with E-state index in [0.717, 1.165) is 0 Å². The number of carbonyl (C=O) groups excluding carboxylic acids is 2. The van der Waals surface area contributed by atoms with Crippen LogP contribution >= 0.6 is 12.4 Å². The highest BCUT2D eigenvalue weighted by molar-refractivity contribution is 5.85. The quantitative estimate of drug-likeness (QED) is 0.514. The van der Waals surface area contributed by atoms with Gasteiger partial charge in [0.15, 0.2) is 0 Å². The number of ether oxygens (including phenoxy) is 2. The average Bonchev–Trinajstić information content (AvgIpc) is 2.18. The van der Waals surface area contributed by atoms with Gasteiger partial charge in [-0.25, -0.2) is 0 Å². The zero-order valence-corrected chi connectivity index (χ0v) is 10.6. The van der Waals surface area contributed by atoms with Gasteiger partial charge in [-0.2, -0.15) is 0 Å². The molecule has 0 spiro atoms. The van der Waals surface area contributed by atoms with Gasteiger partial charge in [-0.3, -0.25) is 9.59 Å². The minimum absolute atomic E-state index is 0. The lowest BCUT2D eigenvalue weighted by molar-refractivity contribution is -0.143. The van der Waals surface area contributed by atoms with Crippen molar-refractivity contribution in [2.75, 3.05) is 26.3 Å². The van der Waals surface area contributed by atoms with Gasteiger partial charge >= 0.3 is 11.9 Å². The van der Waals surface area contributed by atoms with Crippen LogP contribution in [0.2, 0.25) is 0 Å². The van der Waals surface area contributed by atoms with Crippen LogP contribution in [0.1, 0.15) is 26.7 Å². The zero-order valence-electron chi connectivity index (χ0n) is 9.78. The first-order valence-corrected chi connectivity index (χ1v) is 5.22. The van der Waals surface area contributed by atoms with Crippen LogP contribution in [0.25, 0.3) is 0 Å². The fourth-order valence-corrected chi connectivity index (χ4v) is 0.972. The van der Waals surface area contributed by atoms with Gasteiger partial charge < -0.3 is 14.8 Å². The predicted octanol–water partition coefficient (Wildman–Crippen LogP) is 0.904. The van der Waals surface area contributed by atoms with Crippen LogP contribution in [0.4, 0.5) is 0 Å². The first-order valence-electron chi connectivity index (χ1n) is 5.22. The molecule has 0 aromatic heterocycles. The van der Waals surface area contributed by atoms with Gasteiger partial charge in [-0.05, 0) is 13.8 Å². The molecule has 0 aliphatic heterocycles. The topological polar surface area (TPSA) is 64.6 Å². The molecule has 0 aromatic carbocycles. The molecule has 0 rings (SSSR count). The van der Waals surface area contributed by atoms with Crippen LogP contribution < -0.4 is 5.32 Å². The number of hydrogen-bond donors (Lipinski definition) is 1. The van der Waals surface area contributed by atoms with Gasteiger partial charge in [0.1, 0.15) is 0 Å². The Labute approximate surface area is 102 Å². The Kier molecular flexibility index (Phi) is 13.5. The Morgan fingerprint density at radius 3 is 1.62 bits per heavy atom. The van der Waals surface area contributed by atoms with Crippen LogP contribution in [0, 0.1) is 0 Å². The maximum Gasteiger partial charge on any atom is 0.307 e. The summed E-state index contributed by atoms with van der Waals surface area (Å²) in [7, 11) is 0. The standard InChI is InChI=1S/C10H19NO4.ClH/c1-3-14-9(12)5-7-11-8-6-10(13)15-4-2;/h11H,3-8H2,1-2H3;1H. The maximum atomic E-state index is 10.9. The minimum Gasteiger partial charge on any atom is -0.466 e. The second kappa shape index (κ2) is 12.3. The van der Waals surface area contributed by atoms with Crippen molar-refractivity contribution in [1.29, 1.82) is 0 Å². The Morgan fingerprint density at radius 2 is 1.31 bits per heavy atom. The summed E-state index contributed by atoms with van der Waals surface area (Å²) in [5.74, 6) is -0.442. The Balaban J connectivity index is 0. The first kappa shape index (κ1) is 17.6. The van der Waals surface area contributed by atoms with Gasteiger partial charge in [-0.15, -0.1) is 12.4 Å². The molecule has 0 heterocycles. The van der Waals surface area contributed by atoms with Gasteiger partial charge in [0, 0.05) is 13.1 Å². The molecule has 0 aliphatic carbocycles. The van der Waals surface area contributed by atoms with E-state index in [1.165, 1.54) is 0 Å². The molecule has 16 heavy (non-hydrogen) atoms. The molecule has 5 nitrogen and oxygen atoms in total. The largest absolute Gasteiger partial charge is 0.466 e. The van der Waals surface area contributed by atoms with Gasteiger partial charge in [-0.1, -0.05) is 0 Å². The van der Waals surface area contributed by atoms with Crippen molar-refractivity contribution >= 4 is 24.3 Å². The predicted molar refractivity (Wildman–Crippen MR) is 62.6 cm³/mol. The lowest BCUT2D eigenvalue weighted by Gasteiger charge is -2.04. The molecular weight excluding hydrogens is 234 g/mol. The monoisotopic (exact) mass is 253 g/mol. The zero-order chi connectivity index (χ0) is 11.5. The van der Waals surface area contributed by atoms with Gasteiger partial charge in [0.2, 0.25) is 0 Å². The van der Waals surface area contributed by atoms with Crippen molar-refractivity contribution in [3.8, 4) is 0 Å². The van der Waals surface area contributed by atoms with Crippen molar-refractivity contribution in [1.82, 2.24) is 5.32 Å². The molecule has 0 radical (unpaired) electrons. The molecule has 0 saturated heterocycles. The van der Waals surface area contributed by atoms with E-state index in [0.29, 0.717) is 39.1 Å². The fraction of sp³-hybridized carbons (Fsp3) is 0.800. The third kappa shape index (κ3) is 11.3. The summed E-state index contributed by atoms with van der Waals surface area (Å²) in [6.45, 7) is 5.40. The minimum atomic E-state index is -0.221. The van der Waals surface area contributed by atoms with E-state index < -0.39 is 0 Å². The molecule has 0 atom stereocenters. The third-order valence-corrected chi connectivity index (χ3v) is 1.62. The fourth-order valence-electron chi connectivity index (χ4n) is 0.972. The summed E-state index contributed by atoms with van der Waals surface area (Å²) in [5, 5.41) is 2.96. The van der Waals surface area contributed by atoms with Crippen molar-refractivity contribution in [2.24, 2.45) is 0 Å². The van der Waals surface area contributed by atoms with Crippen molar-refractivity contribution in [3.63, 3.8) is 0 Å². The smallest absolute Gasteiger partial charge is 0.307 e. The van der Waals surface area contributed by atoms with Crippen molar-refractivity contribution < 1.29 is 19.1 Å². The van der Waals surface area contributed by atoms with Crippen LogP contribution in [-0.2, 0) is 19.1 Å². The lowest BCUT2D eigenvalue weighted by atomic mass is 10.4. The van der Waals surface area contributed by atoms with Gasteiger partial charge in [0.25, 0.3) is 0 Å². The summed E-state index contributed by atoms with van der Waals surface area (Å²) in [6.07, 6.45) is 0.660. The molecule has 1 N–H and O–H groups in total. The molecule has 0 bridgehead atoms. The second-order valence-electron chi connectivity index (χ2n) is 2.86. The molecule has 96 valence electrons. The molecule has 0 fully saturated rings. The molecule has 0 unspecified atom stereocenters. The van der Waals surface area contributed by atoms with E-state index in [1.54, 1.807) is 13.8 Å². The van der Waals surface area contributed by atoms with Crippen molar-refractivity contribution in [3.05, 3.63) is 0 Å². The van der Waals surface area contributed by atoms with E-state index in [1.807, 2.05) is 0 Å². The van der Waals surface area contributed by atoms with Crippen LogP contribution in [0.5, 0.6) is 0 Å². The normalized spacial score (nSPS) is 9.12. The number of rotatable bonds is 8. The average molecular weight is 254 g/mol. The molecular formula is C10H20ClNO4. The molecule has 0 saturated carbocycles. The van der Waals surface area contributed by atoms with E-state index in [4.69, 9.17) is 9.47 Å². The highest BCUT2D eigenvalue weighted by atomic mass is 35.5. The number of halogens is 1. The summed E-state index contributed by atoms with van der Waals surface area (Å²) < 4.78 is 9.48. The summed E-state index contributed by atoms with van der Waals surface area (Å²) in [5.41, 5.74) is 0. The summed E-state index contributed by atoms with van der Waals surface area (Å²) in [6, 6.07) is 0. The van der Waals surface area contributed by atoms with E-state index in [2.05, 4.69) is 5.32 Å². The van der Waals surface area contributed by atoms with Gasteiger partial charge in [0.05, 0.1) is 26.1 Å². The molecule has 0 aromatic rings.